The zero-order chi connectivity index (χ0) is 29.0. The van der Waals surface area contributed by atoms with E-state index in [-0.39, 0.29) is 59.8 Å². The van der Waals surface area contributed by atoms with E-state index >= 15 is 0 Å². The summed E-state index contributed by atoms with van der Waals surface area (Å²) >= 11 is 0. The molecule has 0 spiro atoms. The standard InChI is InChI=1S/C26H45NO10S2/c1-15(4-7-23(30)27-10-11-38(31,32)33)18-5-6-19-24-20(14-22(29)26(18,19)3)25(2)9-8-17(37-39(34,35)36)12-16(25)13-21(24)28/h15-22,24,28-29H,4-14H2,1-3H3,(H,27,30)(H,31,32,33)(H,34,35,36)/t15-,16+,17-,18-,19?,20?,21?,22+,24?,25+,26-/m1/s1. The van der Waals surface area contributed by atoms with Crippen molar-refractivity contribution < 1.29 is 45.1 Å². The van der Waals surface area contributed by atoms with Gasteiger partial charge in [-0.3, -0.25) is 13.9 Å². The first-order chi connectivity index (χ1) is 18.0. The maximum Gasteiger partial charge on any atom is 0.397 e. The fraction of sp³-hybridized carbons (Fsp3) is 0.962. The molecule has 226 valence electrons. The van der Waals surface area contributed by atoms with Gasteiger partial charge in [0.15, 0.2) is 0 Å². The molecule has 4 rings (SSSR count). The fourth-order valence-electron chi connectivity index (χ4n) is 9.34. The van der Waals surface area contributed by atoms with Crippen LogP contribution in [0.3, 0.4) is 0 Å². The molecule has 0 aromatic heterocycles. The summed E-state index contributed by atoms with van der Waals surface area (Å²) in [6.45, 7) is 6.29. The second-order valence-electron chi connectivity index (χ2n) is 13.2. The molecule has 4 unspecified atom stereocenters. The first kappa shape index (κ1) is 31.1. The van der Waals surface area contributed by atoms with Crippen molar-refractivity contribution in [2.45, 2.75) is 96.9 Å². The molecule has 0 aliphatic heterocycles. The molecule has 13 heteroatoms. The van der Waals surface area contributed by atoms with Crippen LogP contribution in [0.25, 0.3) is 0 Å². The van der Waals surface area contributed by atoms with Crippen LogP contribution in [-0.4, -0.2) is 72.7 Å². The van der Waals surface area contributed by atoms with Crippen molar-refractivity contribution in [3.63, 3.8) is 0 Å². The third-order valence-electron chi connectivity index (χ3n) is 11.3. The zero-order valence-corrected chi connectivity index (χ0v) is 24.7. The molecule has 4 fully saturated rings. The van der Waals surface area contributed by atoms with Crippen LogP contribution >= 0.6 is 0 Å². The Labute approximate surface area is 232 Å². The number of carbonyl (C=O) groups excluding carboxylic acids is 1. The highest BCUT2D eigenvalue weighted by Crippen LogP contribution is 2.68. The molecule has 1 amide bonds. The highest BCUT2D eigenvalue weighted by atomic mass is 32.3. The molecule has 0 bridgehead atoms. The number of rotatable bonds is 9. The van der Waals surface area contributed by atoms with E-state index in [1.807, 2.05) is 0 Å². The van der Waals surface area contributed by atoms with Gasteiger partial charge in [-0.2, -0.15) is 16.8 Å². The van der Waals surface area contributed by atoms with Gasteiger partial charge < -0.3 is 15.5 Å². The van der Waals surface area contributed by atoms with Crippen LogP contribution in [0.4, 0.5) is 0 Å². The maximum atomic E-state index is 12.2. The lowest BCUT2D eigenvalue weighted by molar-refractivity contribution is -0.206. The summed E-state index contributed by atoms with van der Waals surface area (Å²) in [4.78, 5) is 12.2. The normalized spacial score (nSPS) is 43.2. The Morgan fingerprint density at radius 2 is 1.72 bits per heavy atom. The van der Waals surface area contributed by atoms with Gasteiger partial charge in [0.05, 0.1) is 24.1 Å². The number of aliphatic hydroxyl groups is 2. The van der Waals surface area contributed by atoms with Crippen LogP contribution in [0, 0.1) is 46.3 Å². The van der Waals surface area contributed by atoms with Gasteiger partial charge in [0.25, 0.3) is 10.1 Å². The van der Waals surface area contributed by atoms with E-state index in [0.717, 1.165) is 12.8 Å². The number of fused-ring (bicyclic) bond motifs is 5. The van der Waals surface area contributed by atoms with E-state index in [1.165, 1.54) is 0 Å². The third-order valence-corrected chi connectivity index (χ3v) is 12.5. The van der Waals surface area contributed by atoms with Crippen molar-refractivity contribution in [1.29, 1.82) is 0 Å². The van der Waals surface area contributed by atoms with Crippen LogP contribution in [-0.2, 0) is 29.5 Å². The summed E-state index contributed by atoms with van der Waals surface area (Å²) < 4.78 is 67.2. The number of aliphatic hydroxyl groups excluding tert-OH is 2. The number of amides is 1. The lowest BCUT2D eigenvalue weighted by Crippen LogP contribution is -2.62. The van der Waals surface area contributed by atoms with Crippen molar-refractivity contribution in [3.05, 3.63) is 0 Å². The second kappa shape index (κ2) is 11.1. The number of carbonyl (C=O) groups is 1. The molecular formula is C26H45NO10S2. The fourth-order valence-corrected chi connectivity index (χ4v) is 10.2. The summed E-state index contributed by atoms with van der Waals surface area (Å²) in [7, 11) is -8.68. The molecule has 11 atom stereocenters. The predicted molar refractivity (Wildman–Crippen MR) is 142 cm³/mol. The Bertz CT molecular complexity index is 1130. The van der Waals surface area contributed by atoms with Crippen molar-refractivity contribution >= 4 is 26.4 Å². The predicted octanol–water partition coefficient (Wildman–Crippen LogP) is 2.20. The Kier molecular flexibility index (Phi) is 8.86. The van der Waals surface area contributed by atoms with Gasteiger partial charge in [-0.1, -0.05) is 20.8 Å². The van der Waals surface area contributed by atoms with E-state index < -0.39 is 50.0 Å². The minimum absolute atomic E-state index is 0.0274. The average molecular weight is 596 g/mol. The monoisotopic (exact) mass is 595 g/mol. The van der Waals surface area contributed by atoms with Gasteiger partial charge in [-0.25, -0.2) is 4.18 Å². The van der Waals surface area contributed by atoms with Crippen molar-refractivity contribution in [3.8, 4) is 0 Å². The quantitative estimate of drug-likeness (QED) is 0.247. The summed E-state index contributed by atoms with van der Waals surface area (Å²) in [5.74, 6) is -0.223. The Hall–Kier alpha value is -0.830. The first-order valence-electron chi connectivity index (χ1n) is 14.2. The number of hydrogen-bond acceptors (Lipinski definition) is 8. The Balaban J connectivity index is 1.43. The lowest BCUT2D eigenvalue weighted by Gasteiger charge is -2.63. The van der Waals surface area contributed by atoms with Crippen molar-refractivity contribution in [2.75, 3.05) is 12.3 Å². The molecule has 4 saturated carbocycles. The lowest BCUT2D eigenvalue weighted by atomic mass is 9.43. The molecule has 39 heavy (non-hydrogen) atoms. The molecule has 0 saturated heterocycles. The maximum absolute atomic E-state index is 12.2. The average Bonchev–Trinajstić information content (AvgIpc) is 3.16. The highest BCUT2D eigenvalue weighted by Gasteiger charge is 2.65. The van der Waals surface area contributed by atoms with Crippen LogP contribution in [0.1, 0.15) is 78.6 Å². The van der Waals surface area contributed by atoms with Crippen LogP contribution < -0.4 is 5.32 Å². The van der Waals surface area contributed by atoms with Gasteiger partial charge in [0, 0.05) is 13.0 Å². The number of nitrogens with one attached hydrogen (secondary N) is 1. The van der Waals surface area contributed by atoms with Crippen LogP contribution in [0.5, 0.6) is 0 Å². The van der Waals surface area contributed by atoms with Crippen molar-refractivity contribution in [1.82, 2.24) is 5.32 Å². The molecule has 0 heterocycles. The minimum atomic E-state index is -4.54. The molecule has 11 nitrogen and oxygen atoms in total. The molecule has 0 aromatic rings. The largest absolute Gasteiger partial charge is 0.397 e. The molecule has 4 aliphatic rings. The van der Waals surface area contributed by atoms with E-state index in [9.17, 15) is 31.8 Å². The summed E-state index contributed by atoms with van der Waals surface area (Å²) in [6.07, 6.45) is 3.58. The van der Waals surface area contributed by atoms with E-state index in [2.05, 4.69) is 26.1 Å². The highest BCUT2D eigenvalue weighted by molar-refractivity contribution is 7.85. The van der Waals surface area contributed by atoms with Gasteiger partial charge >= 0.3 is 10.4 Å². The number of hydrogen-bond donors (Lipinski definition) is 5. The first-order valence-corrected chi connectivity index (χ1v) is 17.2. The third kappa shape index (κ3) is 6.34. The molecular weight excluding hydrogens is 550 g/mol. The Morgan fingerprint density at radius 3 is 2.36 bits per heavy atom. The SMILES string of the molecule is C[C@H](CCC(=O)NCCS(=O)(=O)O)[C@H]1CCC2C3C(O)C[C@@H]4C[C@H](OS(=O)(=O)O)CC[C@]4(C)C3C[C@H](O)[C@@]21C. The summed E-state index contributed by atoms with van der Waals surface area (Å²) in [5.41, 5.74) is -0.577. The molecule has 4 aliphatic carbocycles. The van der Waals surface area contributed by atoms with Gasteiger partial charge in [0.2, 0.25) is 5.91 Å². The Morgan fingerprint density at radius 1 is 1.03 bits per heavy atom. The van der Waals surface area contributed by atoms with Crippen molar-refractivity contribution in [2.24, 2.45) is 46.3 Å². The second-order valence-corrected chi connectivity index (χ2v) is 15.8. The van der Waals surface area contributed by atoms with Gasteiger partial charge in [-0.05, 0) is 97.7 Å². The van der Waals surface area contributed by atoms with Gasteiger partial charge in [0.1, 0.15) is 0 Å². The van der Waals surface area contributed by atoms with E-state index in [1.54, 1.807) is 0 Å². The minimum Gasteiger partial charge on any atom is -0.393 e. The zero-order valence-electron chi connectivity index (χ0n) is 23.0. The van der Waals surface area contributed by atoms with Crippen LogP contribution in [0.15, 0.2) is 0 Å². The van der Waals surface area contributed by atoms with E-state index in [0.29, 0.717) is 38.5 Å². The molecule has 0 radical (unpaired) electrons. The van der Waals surface area contributed by atoms with E-state index in [4.69, 9.17) is 13.3 Å². The summed E-state index contributed by atoms with van der Waals surface area (Å²) in [5, 5.41) is 25.7. The molecule has 0 aromatic carbocycles. The topological polar surface area (TPSA) is 188 Å². The van der Waals surface area contributed by atoms with Gasteiger partial charge in [-0.15, -0.1) is 0 Å². The summed E-state index contributed by atoms with van der Waals surface area (Å²) in [6, 6.07) is 0. The van der Waals surface area contributed by atoms with Crippen LogP contribution in [0.2, 0.25) is 0 Å². The molecule has 5 N–H and O–H groups in total. The smallest absolute Gasteiger partial charge is 0.393 e.